The first-order valence-electron chi connectivity index (χ1n) is 11.1. The smallest absolute Gasteiger partial charge is 0.152 e. The van der Waals surface area contributed by atoms with Crippen LogP contribution in [-0.4, -0.2) is 57.3 Å². The van der Waals surface area contributed by atoms with Crippen molar-refractivity contribution in [1.82, 2.24) is 25.0 Å². The van der Waals surface area contributed by atoms with E-state index in [9.17, 15) is 0 Å². The minimum Gasteiger partial charge on any atom is -0.375 e. The molecule has 160 valence electrons. The van der Waals surface area contributed by atoms with Crippen LogP contribution in [0.3, 0.4) is 0 Å². The lowest BCUT2D eigenvalue weighted by Gasteiger charge is -2.40. The van der Waals surface area contributed by atoms with Gasteiger partial charge in [0.1, 0.15) is 5.69 Å². The number of hydrogen-bond donors (Lipinski definition) is 1. The zero-order chi connectivity index (χ0) is 20.8. The van der Waals surface area contributed by atoms with Gasteiger partial charge in [-0.2, -0.15) is 0 Å². The SMILES string of the molecule is N[C@H]1CCCN(c2ccc(C3(n4cc(-c5cncc(C6CC6)c5)nn4)COC3)nc2)C1. The van der Waals surface area contributed by atoms with Crippen LogP contribution in [0.5, 0.6) is 0 Å². The number of nitrogens with two attached hydrogens (primary N) is 1. The zero-order valence-electron chi connectivity index (χ0n) is 17.5. The lowest BCUT2D eigenvalue weighted by atomic mass is 9.92. The number of ether oxygens (including phenoxy) is 1. The van der Waals surface area contributed by atoms with Gasteiger partial charge < -0.3 is 15.4 Å². The van der Waals surface area contributed by atoms with Gasteiger partial charge in [0.2, 0.25) is 0 Å². The molecular formula is C23H27N7O. The Labute approximate surface area is 181 Å². The Bertz CT molecular complexity index is 1070. The van der Waals surface area contributed by atoms with Crippen LogP contribution < -0.4 is 10.6 Å². The predicted molar refractivity (Wildman–Crippen MR) is 117 cm³/mol. The Morgan fingerprint density at radius 1 is 1.10 bits per heavy atom. The van der Waals surface area contributed by atoms with Gasteiger partial charge in [0, 0.05) is 37.1 Å². The highest BCUT2D eigenvalue weighted by atomic mass is 16.5. The largest absolute Gasteiger partial charge is 0.375 e. The van der Waals surface area contributed by atoms with Crippen molar-refractivity contribution in [1.29, 1.82) is 0 Å². The molecular weight excluding hydrogens is 390 g/mol. The molecule has 1 aliphatic carbocycles. The average molecular weight is 418 g/mol. The summed E-state index contributed by atoms with van der Waals surface area (Å²) >= 11 is 0. The number of piperidine rings is 1. The number of hydrogen-bond acceptors (Lipinski definition) is 7. The Balaban J connectivity index is 1.27. The number of anilines is 1. The summed E-state index contributed by atoms with van der Waals surface area (Å²) in [6.07, 6.45) is 12.5. The fourth-order valence-electron chi connectivity index (χ4n) is 4.63. The summed E-state index contributed by atoms with van der Waals surface area (Å²) in [5, 5.41) is 8.92. The van der Waals surface area contributed by atoms with E-state index in [0.29, 0.717) is 19.1 Å². The Kier molecular flexibility index (Phi) is 4.50. The third-order valence-corrected chi connectivity index (χ3v) is 6.77. The van der Waals surface area contributed by atoms with E-state index < -0.39 is 5.54 Å². The maximum absolute atomic E-state index is 6.15. The van der Waals surface area contributed by atoms with Gasteiger partial charge in [-0.05, 0) is 55.4 Å². The van der Waals surface area contributed by atoms with Crippen molar-refractivity contribution >= 4 is 5.69 Å². The molecule has 31 heavy (non-hydrogen) atoms. The van der Waals surface area contributed by atoms with Crippen LogP contribution in [0, 0.1) is 0 Å². The standard InChI is InChI=1S/C23H27N7O/c24-19-2-1-7-29(12-19)20-5-6-22(26-11-20)23(14-31-15-23)30-13-21(27-28-30)18-8-17(9-25-10-18)16-3-4-16/h5-6,8-11,13,16,19H,1-4,7,12,14-15,24H2/t19-/m0/s1. The first-order valence-corrected chi connectivity index (χ1v) is 11.1. The van der Waals surface area contributed by atoms with E-state index in [0.717, 1.165) is 48.6 Å². The highest BCUT2D eigenvalue weighted by Gasteiger charge is 2.45. The molecule has 8 nitrogen and oxygen atoms in total. The van der Waals surface area contributed by atoms with Gasteiger partial charge in [0.15, 0.2) is 5.54 Å². The van der Waals surface area contributed by atoms with Crippen molar-refractivity contribution < 1.29 is 4.74 Å². The van der Waals surface area contributed by atoms with Crippen LogP contribution in [0.2, 0.25) is 0 Å². The van der Waals surface area contributed by atoms with E-state index in [1.54, 1.807) is 0 Å². The molecule has 5 heterocycles. The quantitative estimate of drug-likeness (QED) is 0.681. The molecule has 6 rings (SSSR count). The van der Waals surface area contributed by atoms with Gasteiger partial charge in [0.25, 0.3) is 0 Å². The summed E-state index contributed by atoms with van der Waals surface area (Å²) in [6, 6.07) is 6.66. The summed E-state index contributed by atoms with van der Waals surface area (Å²) in [6.45, 7) is 2.99. The van der Waals surface area contributed by atoms with Crippen molar-refractivity contribution in [3.63, 3.8) is 0 Å². The molecule has 0 bridgehead atoms. The molecule has 2 N–H and O–H groups in total. The van der Waals surface area contributed by atoms with Gasteiger partial charge in [-0.1, -0.05) is 5.21 Å². The summed E-state index contributed by atoms with van der Waals surface area (Å²) in [7, 11) is 0. The van der Waals surface area contributed by atoms with Crippen molar-refractivity contribution in [2.75, 3.05) is 31.2 Å². The normalized spacial score (nSPS) is 22.9. The van der Waals surface area contributed by atoms with Crippen molar-refractivity contribution in [3.8, 4) is 11.3 Å². The van der Waals surface area contributed by atoms with E-state index in [4.69, 9.17) is 15.5 Å². The molecule has 0 amide bonds. The van der Waals surface area contributed by atoms with E-state index in [1.165, 1.54) is 18.4 Å². The molecule has 8 heteroatoms. The summed E-state index contributed by atoms with van der Waals surface area (Å²) in [5.41, 5.74) is 10.9. The van der Waals surface area contributed by atoms with E-state index in [-0.39, 0.29) is 6.04 Å². The lowest BCUT2D eigenvalue weighted by molar-refractivity contribution is -0.0851. The molecule has 0 unspecified atom stereocenters. The monoisotopic (exact) mass is 417 g/mol. The van der Waals surface area contributed by atoms with Crippen LogP contribution in [0.4, 0.5) is 5.69 Å². The number of pyridine rings is 2. The Hall–Kier alpha value is -2.84. The van der Waals surface area contributed by atoms with Crippen molar-refractivity contribution in [3.05, 3.63) is 54.2 Å². The van der Waals surface area contributed by atoms with Gasteiger partial charge in [-0.3, -0.25) is 9.97 Å². The second-order valence-corrected chi connectivity index (χ2v) is 9.10. The first-order chi connectivity index (χ1) is 15.2. The predicted octanol–water partition coefficient (Wildman–Crippen LogP) is 2.31. The van der Waals surface area contributed by atoms with Gasteiger partial charge in [-0.15, -0.1) is 5.10 Å². The molecule has 0 aromatic carbocycles. The number of aromatic nitrogens is 5. The van der Waals surface area contributed by atoms with Crippen LogP contribution >= 0.6 is 0 Å². The molecule has 2 aliphatic heterocycles. The summed E-state index contributed by atoms with van der Waals surface area (Å²) in [4.78, 5) is 11.6. The molecule has 2 saturated heterocycles. The second-order valence-electron chi connectivity index (χ2n) is 9.10. The fourth-order valence-corrected chi connectivity index (χ4v) is 4.63. The molecule has 1 saturated carbocycles. The molecule has 0 radical (unpaired) electrons. The topological polar surface area (TPSA) is 95.0 Å². The van der Waals surface area contributed by atoms with Crippen LogP contribution in [0.25, 0.3) is 11.3 Å². The first kappa shape index (κ1) is 18.9. The Morgan fingerprint density at radius 2 is 2.00 bits per heavy atom. The fraction of sp³-hybridized carbons (Fsp3) is 0.478. The summed E-state index contributed by atoms with van der Waals surface area (Å²) < 4.78 is 7.52. The molecule has 0 spiro atoms. The second kappa shape index (κ2) is 7.39. The molecule has 3 aromatic heterocycles. The van der Waals surface area contributed by atoms with Crippen molar-refractivity contribution in [2.45, 2.75) is 43.2 Å². The molecule has 1 atom stereocenters. The Morgan fingerprint density at radius 3 is 2.71 bits per heavy atom. The maximum atomic E-state index is 6.15. The highest BCUT2D eigenvalue weighted by Crippen LogP contribution is 2.41. The van der Waals surface area contributed by atoms with Crippen LogP contribution in [-0.2, 0) is 10.3 Å². The van der Waals surface area contributed by atoms with Crippen LogP contribution in [0.1, 0.15) is 42.9 Å². The third kappa shape index (κ3) is 3.40. The van der Waals surface area contributed by atoms with Crippen LogP contribution in [0.15, 0.2) is 43.0 Å². The zero-order valence-corrected chi connectivity index (χ0v) is 17.5. The lowest BCUT2D eigenvalue weighted by Crippen LogP contribution is -2.53. The van der Waals surface area contributed by atoms with Gasteiger partial charge >= 0.3 is 0 Å². The highest BCUT2D eigenvalue weighted by molar-refractivity contribution is 5.58. The van der Waals surface area contributed by atoms with E-state index in [2.05, 4.69) is 38.4 Å². The van der Waals surface area contributed by atoms with Gasteiger partial charge in [-0.25, -0.2) is 4.68 Å². The molecule has 3 aromatic rings. The van der Waals surface area contributed by atoms with E-state index >= 15 is 0 Å². The van der Waals surface area contributed by atoms with Crippen molar-refractivity contribution in [2.24, 2.45) is 5.73 Å². The number of nitrogens with zero attached hydrogens (tertiary/aromatic N) is 6. The van der Waals surface area contributed by atoms with Gasteiger partial charge in [0.05, 0.1) is 37.0 Å². The minimum atomic E-state index is -0.413. The molecule has 3 fully saturated rings. The maximum Gasteiger partial charge on any atom is 0.152 e. The van der Waals surface area contributed by atoms with E-state index in [1.807, 2.05) is 29.5 Å². The number of rotatable bonds is 5. The minimum absolute atomic E-state index is 0.237. The summed E-state index contributed by atoms with van der Waals surface area (Å²) in [5.74, 6) is 0.658. The third-order valence-electron chi connectivity index (χ3n) is 6.77. The average Bonchev–Trinajstić information content (AvgIpc) is 3.51. The molecule has 3 aliphatic rings.